The van der Waals surface area contributed by atoms with Gasteiger partial charge in [0, 0.05) is 41.2 Å². The second kappa shape index (κ2) is 12.2. The molecule has 0 saturated carbocycles. The van der Waals surface area contributed by atoms with E-state index in [2.05, 4.69) is 15.1 Å². The lowest BCUT2D eigenvalue weighted by Crippen LogP contribution is -2.33. The van der Waals surface area contributed by atoms with Gasteiger partial charge in [0.25, 0.3) is 0 Å². The molecular weight excluding hydrogens is 434 g/mol. The number of benzene rings is 2. The molecule has 0 aliphatic rings. The van der Waals surface area contributed by atoms with Crippen molar-refractivity contribution in [3.05, 3.63) is 59.8 Å². The first kappa shape index (κ1) is 24.5. The van der Waals surface area contributed by atoms with E-state index in [9.17, 15) is 14.4 Å². The van der Waals surface area contributed by atoms with Crippen LogP contribution < -0.4 is 10.6 Å². The van der Waals surface area contributed by atoms with Crippen LogP contribution in [0.25, 0.3) is 10.9 Å². The summed E-state index contributed by atoms with van der Waals surface area (Å²) in [6.07, 6.45) is 6.40. The number of aromatic nitrogens is 1. The van der Waals surface area contributed by atoms with Crippen molar-refractivity contribution in [2.75, 3.05) is 13.7 Å². The number of fused-ring (bicyclic) bond motifs is 1. The minimum absolute atomic E-state index is 0.0354. The van der Waals surface area contributed by atoms with Gasteiger partial charge in [0.2, 0.25) is 0 Å². The first-order chi connectivity index (χ1) is 16.6. The molecule has 0 spiro atoms. The van der Waals surface area contributed by atoms with Crippen molar-refractivity contribution in [2.45, 2.75) is 25.4 Å². The van der Waals surface area contributed by atoms with Crippen molar-refractivity contribution in [3.63, 3.8) is 0 Å². The fraction of sp³-hybridized carbons (Fsp3) is 0.240. The molecule has 3 N–H and O–H groups in total. The third-order valence-electron chi connectivity index (χ3n) is 5.45. The van der Waals surface area contributed by atoms with Gasteiger partial charge in [-0.15, -0.1) is 0 Å². The number of aldehydes is 3. The van der Waals surface area contributed by atoms with Gasteiger partial charge in [0.1, 0.15) is 30.6 Å². The SMILES string of the molecule is CN(Cc1c(C=O)cccc1OCC(C=Nc1ccc2[nH]ccc2c1)=NN)C(C=O)CCC=O. The molecular formula is C25H27N5O4. The number of aromatic amines is 1. The van der Waals surface area contributed by atoms with Gasteiger partial charge < -0.3 is 25.2 Å². The number of ether oxygens (including phenoxy) is 1. The highest BCUT2D eigenvalue weighted by Crippen LogP contribution is 2.24. The molecule has 0 bridgehead atoms. The molecule has 176 valence electrons. The predicted octanol–water partition coefficient (Wildman–Crippen LogP) is 3.05. The second-order valence-corrected chi connectivity index (χ2v) is 7.72. The van der Waals surface area contributed by atoms with Crippen LogP contribution in [0.1, 0.15) is 28.8 Å². The number of carbonyl (C=O) groups excluding carboxylic acids is 3. The van der Waals surface area contributed by atoms with E-state index in [1.165, 1.54) is 6.21 Å². The Balaban J connectivity index is 1.72. The van der Waals surface area contributed by atoms with Gasteiger partial charge in [-0.1, -0.05) is 12.1 Å². The first-order valence-corrected chi connectivity index (χ1v) is 10.8. The molecule has 0 fully saturated rings. The Morgan fingerprint density at radius 2 is 2.06 bits per heavy atom. The molecule has 3 aromatic rings. The van der Waals surface area contributed by atoms with Gasteiger partial charge in [-0.2, -0.15) is 5.10 Å². The number of carbonyl (C=O) groups is 3. The summed E-state index contributed by atoms with van der Waals surface area (Å²) in [5, 5.41) is 4.80. The van der Waals surface area contributed by atoms with E-state index in [1.807, 2.05) is 30.5 Å². The lowest BCUT2D eigenvalue weighted by atomic mass is 10.1. The molecule has 2 aromatic carbocycles. The highest BCUT2D eigenvalue weighted by Gasteiger charge is 2.18. The first-order valence-electron chi connectivity index (χ1n) is 10.8. The fourth-order valence-corrected chi connectivity index (χ4v) is 3.52. The van der Waals surface area contributed by atoms with Gasteiger partial charge in [-0.25, -0.2) is 0 Å². The van der Waals surface area contributed by atoms with Gasteiger partial charge in [0.05, 0.1) is 17.9 Å². The molecule has 0 radical (unpaired) electrons. The lowest BCUT2D eigenvalue weighted by Gasteiger charge is -2.25. The van der Waals surface area contributed by atoms with Gasteiger partial charge in [-0.3, -0.25) is 14.7 Å². The number of likely N-dealkylation sites (N-methyl/N-ethyl adjacent to an activating group) is 1. The number of hydrogen-bond donors (Lipinski definition) is 2. The molecule has 0 amide bonds. The maximum atomic E-state index is 11.6. The Hall–Kier alpha value is -4.11. The van der Waals surface area contributed by atoms with Gasteiger partial charge in [0.15, 0.2) is 6.29 Å². The summed E-state index contributed by atoms with van der Waals surface area (Å²) >= 11 is 0. The molecule has 1 aromatic heterocycles. The average molecular weight is 462 g/mol. The van der Waals surface area contributed by atoms with Crippen LogP contribution in [0.5, 0.6) is 5.75 Å². The molecule has 9 nitrogen and oxygen atoms in total. The molecule has 1 atom stereocenters. The summed E-state index contributed by atoms with van der Waals surface area (Å²) in [5.41, 5.74) is 3.24. The Labute approximate surface area is 197 Å². The second-order valence-electron chi connectivity index (χ2n) is 7.72. The number of nitrogens with two attached hydrogens (primary N) is 1. The van der Waals surface area contributed by atoms with Crippen LogP contribution in [0, 0.1) is 0 Å². The summed E-state index contributed by atoms with van der Waals surface area (Å²) in [6.45, 7) is 0.319. The van der Waals surface area contributed by atoms with E-state index < -0.39 is 6.04 Å². The predicted molar refractivity (Wildman–Crippen MR) is 132 cm³/mol. The minimum Gasteiger partial charge on any atom is -0.487 e. The minimum atomic E-state index is -0.455. The quantitative estimate of drug-likeness (QED) is 0.174. The van der Waals surface area contributed by atoms with E-state index in [1.54, 1.807) is 30.1 Å². The van der Waals surface area contributed by atoms with Crippen LogP contribution in [-0.2, 0) is 16.1 Å². The summed E-state index contributed by atoms with van der Waals surface area (Å²) in [4.78, 5) is 43.1. The highest BCUT2D eigenvalue weighted by molar-refractivity contribution is 6.31. The summed E-state index contributed by atoms with van der Waals surface area (Å²) < 4.78 is 5.94. The zero-order valence-electron chi connectivity index (χ0n) is 18.9. The van der Waals surface area contributed by atoms with Crippen molar-refractivity contribution in [1.29, 1.82) is 0 Å². The van der Waals surface area contributed by atoms with E-state index in [-0.39, 0.29) is 19.6 Å². The van der Waals surface area contributed by atoms with Crippen molar-refractivity contribution in [1.82, 2.24) is 9.88 Å². The normalized spacial score (nSPS) is 12.8. The number of H-pyrrole nitrogens is 1. The van der Waals surface area contributed by atoms with Gasteiger partial charge in [-0.05, 0) is 43.8 Å². The smallest absolute Gasteiger partial charge is 0.150 e. The number of aliphatic imine (C=N–C) groups is 1. The van der Waals surface area contributed by atoms with Crippen LogP contribution in [-0.4, -0.2) is 60.4 Å². The van der Waals surface area contributed by atoms with E-state index in [0.29, 0.717) is 29.0 Å². The number of nitrogens with zero attached hydrogens (tertiary/aromatic N) is 3. The maximum absolute atomic E-state index is 11.6. The Bertz CT molecular complexity index is 1200. The molecule has 0 aliphatic carbocycles. The molecule has 0 saturated heterocycles. The number of hydrazone groups is 1. The summed E-state index contributed by atoms with van der Waals surface area (Å²) in [5.74, 6) is 6.01. The lowest BCUT2D eigenvalue weighted by molar-refractivity contribution is -0.113. The van der Waals surface area contributed by atoms with E-state index in [4.69, 9.17) is 10.6 Å². The van der Waals surface area contributed by atoms with Crippen LogP contribution in [0.2, 0.25) is 0 Å². The molecule has 1 heterocycles. The molecule has 9 heteroatoms. The standard InChI is InChI=1S/C25H27N5O4/c1-30(22(16-33)5-3-11-31)14-23-19(15-32)4-2-6-25(23)34-17-21(29-26)13-28-20-7-8-24-18(12-20)9-10-27-24/h2,4,6-13,15-16,22,27H,3,5,14,17,26H2,1H3. The third kappa shape index (κ3) is 6.23. The highest BCUT2D eigenvalue weighted by atomic mass is 16.5. The maximum Gasteiger partial charge on any atom is 0.150 e. The van der Waals surface area contributed by atoms with Crippen molar-refractivity contribution >= 4 is 47.4 Å². The Morgan fingerprint density at radius 1 is 1.21 bits per heavy atom. The topological polar surface area (TPSA) is 130 Å². The summed E-state index contributed by atoms with van der Waals surface area (Å²) in [6, 6.07) is 12.4. The average Bonchev–Trinajstić information content (AvgIpc) is 3.33. The molecule has 1 unspecified atom stereocenters. The number of hydrogen-bond acceptors (Lipinski definition) is 8. The third-order valence-corrected chi connectivity index (χ3v) is 5.45. The fourth-order valence-electron chi connectivity index (χ4n) is 3.52. The Kier molecular flexibility index (Phi) is 8.81. The largest absolute Gasteiger partial charge is 0.487 e. The number of nitrogens with one attached hydrogen (secondary N) is 1. The van der Waals surface area contributed by atoms with E-state index >= 15 is 0 Å². The Morgan fingerprint density at radius 3 is 2.79 bits per heavy atom. The number of rotatable bonds is 13. The monoisotopic (exact) mass is 461 g/mol. The zero-order valence-corrected chi connectivity index (χ0v) is 18.9. The van der Waals surface area contributed by atoms with Gasteiger partial charge >= 0.3 is 0 Å². The molecule has 3 rings (SSSR count). The van der Waals surface area contributed by atoms with Crippen LogP contribution in [0.3, 0.4) is 0 Å². The van der Waals surface area contributed by atoms with Crippen molar-refractivity contribution in [2.24, 2.45) is 15.9 Å². The van der Waals surface area contributed by atoms with Crippen molar-refractivity contribution in [3.8, 4) is 5.75 Å². The van der Waals surface area contributed by atoms with Crippen LogP contribution in [0.4, 0.5) is 5.69 Å². The zero-order chi connectivity index (χ0) is 24.3. The molecule has 0 aliphatic heterocycles. The van der Waals surface area contributed by atoms with Crippen LogP contribution in [0.15, 0.2) is 58.8 Å². The van der Waals surface area contributed by atoms with Crippen LogP contribution >= 0.6 is 0 Å². The van der Waals surface area contributed by atoms with E-state index in [0.717, 1.165) is 35.4 Å². The van der Waals surface area contributed by atoms with Crippen molar-refractivity contribution < 1.29 is 19.1 Å². The summed E-state index contributed by atoms with van der Waals surface area (Å²) in [7, 11) is 1.76. The molecule has 34 heavy (non-hydrogen) atoms.